The Kier molecular flexibility index (Phi) is 4.52. The Morgan fingerprint density at radius 1 is 0.963 bits per heavy atom. The minimum absolute atomic E-state index is 0.187. The van der Waals surface area contributed by atoms with Crippen LogP contribution in [0, 0.1) is 0 Å². The van der Waals surface area contributed by atoms with E-state index in [1.165, 1.54) is 0 Å². The zero-order valence-corrected chi connectivity index (χ0v) is 15.3. The normalized spacial score (nSPS) is 10.7. The lowest BCUT2D eigenvalue weighted by Gasteiger charge is -2.05. The van der Waals surface area contributed by atoms with Crippen molar-refractivity contribution in [3.05, 3.63) is 77.3 Å². The number of carbonyl (C=O) groups is 1. The number of halogens is 1. The van der Waals surface area contributed by atoms with Crippen molar-refractivity contribution >= 4 is 39.9 Å². The predicted molar refractivity (Wildman–Crippen MR) is 110 cm³/mol. The third-order valence-corrected chi connectivity index (χ3v) is 4.55. The van der Waals surface area contributed by atoms with Gasteiger partial charge in [-0.05, 0) is 66.7 Å². The summed E-state index contributed by atoms with van der Waals surface area (Å²) in [5.41, 5.74) is 4.99. The van der Waals surface area contributed by atoms with Crippen molar-refractivity contribution in [1.29, 1.82) is 0 Å². The number of amides is 1. The minimum Gasteiger partial charge on any atom is -0.388 e. The van der Waals surface area contributed by atoms with E-state index >= 15 is 0 Å². The predicted octanol–water partition coefficient (Wildman–Crippen LogP) is 5.18. The van der Waals surface area contributed by atoms with Gasteiger partial charge in [0.05, 0.1) is 11.0 Å². The minimum atomic E-state index is -0.187. The summed E-state index contributed by atoms with van der Waals surface area (Å²) in [6.07, 6.45) is 0. The van der Waals surface area contributed by atoms with Gasteiger partial charge in [0.1, 0.15) is 5.82 Å². The number of aromatic amines is 1. The highest BCUT2D eigenvalue weighted by Gasteiger charge is 2.09. The van der Waals surface area contributed by atoms with Crippen molar-refractivity contribution in [2.75, 3.05) is 17.7 Å². The Hall–Kier alpha value is -3.31. The summed E-state index contributed by atoms with van der Waals surface area (Å²) in [5.74, 6) is 0.599. The number of nitrogens with one attached hydrogen (secondary N) is 3. The van der Waals surface area contributed by atoms with E-state index in [0.29, 0.717) is 16.3 Å². The SMILES string of the molecule is CNc1ccc(-c2nc3ccc(NC(=O)c4ccc(Cl)cc4)cc3[nH]2)cc1. The second-order valence-electron chi connectivity index (χ2n) is 6.11. The van der Waals surface area contributed by atoms with Gasteiger partial charge in [0.25, 0.3) is 5.91 Å². The summed E-state index contributed by atoms with van der Waals surface area (Å²) < 4.78 is 0. The van der Waals surface area contributed by atoms with E-state index in [1.807, 2.05) is 49.5 Å². The molecule has 4 aromatic rings. The lowest BCUT2D eigenvalue weighted by molar-refractivity contribution is 0.102. The van der Waals surface area contributed by atoms with Gasteiger partial charge in [-0.3, -0.25) is 4.79 Å². The van der Waals surface area contributed by atoms with Crippen LogP contribution in [0.4, 0.5) is 11.4 Å². The van der Waals surface area contributed by atoms with Crippen LogP contribution in [0.25, 0.3) is 22.4 Å². The van der Waals surface area contributed by atoms with Crippen molar-refractivity contribution in [1.82, 2.24) is 9.97 Å². The molecule has 0 aliphatic rings. The van der Waals surface area contributed by atoms with Gasteiger partial charge in [0.2, 0.25) is 0 Å². The fourth-order valence-corrected chi connectivity index (χ4v) is 2.95. The topological polar surface area (TPSA) is 69.8 Å². The first-order chi connectivity index (χ1) is 13.1. The molecule has 0 radical (unpaired) electrons. The number of rotatable bonds is 4. The van der Waals surface area contributed by atoms with Crippen LogP contribution in [0.5, 0.6) is 0 Å². The van der Waals surface area contributed by atoms with Gasteiger partial charge in [-0.2, -0.15) is 0 Å². The first kappa shape index (κ1) is 17.1. The third-order valence-electron chi connectivity index (χ3n) is 4.29. The zero-order valence-electron chi connectivity index (χ0n) is 14.6. The van der Waals surface area contributed by atoms with Crippen LogP contribution >= 0.6 is 11.6 Å². The number of hydrogen-bond acceptors (Lipinski definition) is 3. The van der Waals surface area contributed by atoms with E-state index < -0.39 is 0 Å². The Balaban J connectivity index is 1.58. The Morgan fingerprint density at radius 2 is 1.67 bits per heavy atom. The number of aromatic nitrogens is 2. The Morgan fingerprint density at radius 3 is 2.37 bits per heavy atom. The van der Waals surface area contributed by atoms with Crippen LogP contribution in [0.15, 0.2) is 66.7 Å². The van der Waals surface area contributed by atoms with Gasteiger partial charge in [-0.1, -0.05) is 11.6 Å². The number of nitrogens with zero attached hydrogens (tertiary/aromatic N) is 1. The molecule has 0 saturated heterocycles. The van der Waals surface area contributed by atoms with E-state index in [2.05, 4.69) is 20.6 Å². The van der Waals surface area contributed by atoms with E-state index in [4.69, 9.17) is 11.6 Å². The standard InChI is InChI=1S/C21H17ClN4O/c1-23-16-8-4-13(5-9-16)20-25-18-11-10-17(12-19(18)26-20)24-21(27)14-2-6-15(22)7-3-14/h2-12,23H,1H3,(H,24,27)(H,25,26). The first-order valence-electron chi connectivity index (χ1n) is 8.47. The second kappa shape index (κ2) is 7.13. The van der Waals surface area contributed by atoms with E-state index in [9.17, 15) is 4.79 Å². The van der Waals surface area contributed by atoms with Crippen molar-refractivity contribution in [3.63, 3.8) is 0 Å². The van der Waals surface area contributed by atoms with E-state index in [0.717, 1.165) is 28.1 Å². The maximum Gasteiger partial charge on any atom is 0.255 e. The molecule has 0 unspecified atom stereocenters. The average Bonchev–Trinajstić information content (AvgIpc) is 3.12. The zero-order chi connectivity index (χ0) is 18.8. The van der Waals surface area contributed by atoms with Crippen LogP contribution in [-0.2, 0) is 0 Å². The molecule has 6 heteroatoms. The molecule has 5 nitrogen and oxygen atoms in total. The molecule has 4 rings (SSSR count). The summed E-state index contributed by atoms with van der Waals surface area (Å²) in [5, 5.41) is 6.59. The number of anilines is 2. The molecule has 3 N–H and O–H groups in total. The second-order valence-corrected chi connectivity index (χ2v) is 6.54. The van der Waals surface area contributed by atoms with Crippen molar-refractivity contribution < 1.29 is 4.79 Å². The molecule has 0 atom stereocenters. The van der Waals surface area contributed by atoms with Gasteiger partial charge in [-0.25, -0.2) is 4.98 Å². The molecule has 0 aliphatic carbocycles. The van der Waals surface area contributed by atoms with Crippen LogP contribution in [0.1, 0.15) is 10.4 Å². The quantitative estimate of drug-likeness (QED) is 0.459. The van der Waals surface area contributed by atoms with Crippen LogP contribution < -0.4 is 10.6 Å². The number of benzene rings is 3. The first-order valence-corrected chi connectivity index (χ1v) is 8.85. The molecule has 1 aromatic heterocycles. The molecule has 0 spiro atoms. The number of imidazole rings is 1. The Labute approximate surface area is 161 Å². The van der Waals surface area contributed by atoms with E-state index in [1.54, 1.807) is 24.3 Å². The maximum absolute atomic E-state index is 12.4. The molecule has 0 bridgehead atoms. The van der Waals surface area contributed by atoms with Crippen LogP contribution in [0.3, 0.4) is 0 Å². The van der Waals surface area contributed by atoms with Gasteiger partial charge in [0, 0.05) is 34.6 Å². The van der Waals surface area contributed by atoms with Gasteiger partial charge in [-0.15, -0.1) is 0 Å². The van der Waals surface area contributed by atoms with Crippen molar-refractivity contribution in [3.8, 4) is 11.4 Å². The molecular weight excluding hydrogens is 360 g/mol. The molecule has 0 fully saturated rings. The summed E-state index contributed by atoms with van der Waals surface area (Å²) in [4.78, 5) is 20.3. The molecule has 0 saturated carbocycles. The largest absolute Gasteiger partial charge is 0.388 e. The molecule has 0 aliphatic heterocycles. The van der Waals surface area contributed by atoms with Gasteiger partial charge >= 0.3 is 0 Å². The number of carbonyl (C=O) groups excluding carboxylic acids is 1. The maximum atomic E-state index is 12.4. The highest BCUT2D eigenvalue weighted by atomic mass is 35.5. The molecule has 134 valence electrons. The Bertz CT molecular complexity index is 1100. The molecule has 3 aromatic carbocycles. The van der Waals surface area contributed by atoms with Crippen LogP contribution in [0.2, 0.25) is 5.02 Å². The number of fused-ring (bicyclic) bond motifs is 1. The lowest BCUT2D eigenvalue weighted by Crippen LogP contribution is -2.11. The average molecular weight is 377 g/mol. The molecule has 1 heterocycles. The van der Waals surface area contributed by atoms with Gasteiger partial charge < -0.3 is 15.6 Å². The van der Waals surface area contributed by atoms with E-state index in [-0.39, 0.29) is 5.91 Å². The van der Waals surface area contributed by atoms with Crippen molar-refractivity contribution in [2.45, 2.75) is 0 Å². The fraction of sp³-hybridized carbons (Fsp3) is 0.0476. The monoisotopic (exact) mass is 376 g/mol. The molecular formula is C21H17ClN4O. The molecule has 27 heavy (non-hydrogen) atoms. The fourth-order valence-electron chi connectivity index (χ4n) is 2.82. The third kappa shape index (κ3) is 3.64. The van der Waals surface area contributed by atoms with Crippen LogP contribution in [-0.4, -0.2) is 22.9 Å². The summed E-state index contributed by atoms with van der Waals surface area (Å²) in [6.45, 7) is 0. The van der Waals surface area contributed by atoms with Gasteiger partial charge in [0.15, 0.2) is 0 Å². The highest BCUT2D eigenvalue weighted by molar-refractivity contribution is 6.30. The summed E-state index contributed by atoms with van der Waals surface area (Å²) >= 11 is 5.87. The summed E-state index contributed by atoms with van der Waals surface area (Å²) in [6, 6.07) is 20.4. The highest BCUT2D eigenvalue weighted by Crippen LogP contribution is 2.24. The lowest BCUT2D eigenvalue weighted by atomic mass is 10.2. The van der Waals surface area contributed by atoms with Crippen molar-refractivity contribution in [2.24, 2.45) is 0 Å². The number of hydrogen-bond donors (Lipinski definition) is 3. The summed E-state index contributed by atoms with van der Waals surface area (Å²) in [7, 11) is 1.88. The molecule has 1 amide bonds. The smallest absolute Gasteiger partial charge is 0.255 e. The number of H-pyrrole nitrogens is 1.